The Morgan fingerprint density at radius 1 is 1.07 bits per heavy atom. The fourth-order valence-corrected chi connectivity index (χ4v) is 5.10. The number of rotatable bonds is 6. The molecule has 2 aromatic heterocycles. The topological polar surface area (TPSA) is 58.4 Å². The maximum atomic E-state index is 12.5. The van der Waals surface area contributed by atoms with E-state index in [1.165, 1.54) is 11.3 Å². The SMILES string of the molecule is Cc1csc(=O)n1CCC(=O)N1CCN(Cc2csc(-c3ccccc3)n2)CC1. The standard InChI is InChI=1S/C21H24N4O2S2/c1-16-14-29-21(27)25(16)8-7-19(26)24-11-9-23(10-12-24)13-18-15-28-20(22-18)17-5-3-2-4-6-17/h2-6,14-15H,7-13H2,1H3. The van der Waals surface area contributed by atoms with Crippen molar-refractivity contribution in [1.82, 2.24) is 19.4 Å². The summed E-state index contributed by atoms with van der Waals surface area (Å²) in [6, 6.07) is 10.2. The van der Waals surface area contributed by atoms with Gasteiger partial charge in [-0.15, -0.1) is 11.3 Å². The zero-order valence-corrected chi connectivity index (χ0v) is 18.0. The van der Waals surface area contributed by atoms with Crippen LogP contribution in [-0.2, 0) is 17.9 Å². The number of aromatic nitrogens is 2. The van der Waals surface area contributed by atoms with E-state index in [4.69, 9.17) is 4.98 Å². The molecule has 1 aromatic carbocycles. The van der Waals surface area contributed by atoms with Crippen LogP contribution in [-0.4, -0.2) is 51.4 Å². The molecule has 0 radical (unpaired) electrons. The Hall–Kier alpha value is -2.29. The first kappa shape index (κ1) is 20.0. The van der Waals surface area contributed by atoms with Crippen molar-refractivity contribution in [2.75, 3.05) is 26.2 Å². The second-order valence-electron chi connectivity index (χ2n) is 7.21. The van der Waals surface area contributed by atoms with Crippen molar-refractivity contribution < 1.29 is 4.79 Å². The van der Waals surface area contributed by atoms with E-state index >= 15 is 0 Å². The molecule has 0 spiro atoms. The van der Waals surface area contributed by atoms with Gasteiger partial charge in [-0.3, -0.25) is 14.5 Å². The van der Waals surface area contributed by atoms with Crippen LogP contribution < -0.4 is 4.87 Å². The fourth-order valence-electron chi connectivity index (χ4n) is 3.52. The lowest BCUT2D eigenvalue weighted by molar-refractivity contribution is -0.133. The summed E-state index contributed by atoms with van der Waals surface area (Å²) in [5.74, 6) is 0.127. The number of carbonyl (C=O) groups is 1. The molecule has 1 amide bonds. The van der Waals surface area contributed by atoms with E-state index in [1.807, 2.05) is 35.4 Å². The smallest absolute Gasteiger partial charge is 0.307 e. The lowest BCUT2D eigenvalue weighted by Gasteiger charge is -2.34. The maximum absolute atomic E-state index is 12.5. The molecule has 0 saturated carbocycles. The van der Waals surface area contributed by atoms with E-state index in [0.717, 1.165) is 54.7 Å². The lowest BCUT2D eigenvalue weighted by atomic mass is 10.2. The molecule has 29 heavy (non-hydrogen) atoms. The highest BCUT2D eigenvalue weighted by Gasteiger charge is 2.22. The number of hydrogen-bond acceptors (Lipinski definition) is 6. The number of thiazole rings is 2. The molecule has 1 aliphatic rings. The number of carbonyl (C=O) groups excluding carboxylic acids is 1. The molecular weight excluding hydrogens is 404 g/mol. The first-order valence-corrected chi connectivity index (χ1v) is 11.5. The van der Waals surface area contributed by atoms with Gasteiger partial charge >= 0.3 is 4.87 Å². The van der Waals surface area contributed by atoms with Crippen molar-refractivity contribution in [3.8, 4) is 10.6 Å². The molecule has 4 rings (SSSR count). The molecule has 6 nitrogen and oxygen atoms in total. The normalized spacial score (nSPS) is 15.0. The third-order valence-corrected chi connectivity index (χ3v) is 7.03. The molecule has 152 valence electrons. The Morgan fingerprint density at radius 2 is 1.83 bits per heavy atom. The summed E-state index contributed by atoms with van der Waals surface area (Å²) in [5.41, 5.74) is 3.16. The molecule has 0 atom stereocenters. The minimum Gasteiger partial charge on any atom is -0.340 e. The summed E-state index contributed by atoms with van der Waals surface area (Å²) in [7, 11) is 0. The molecule has 3 heterocycles. The third kappa shape index (κ3) is 4.83. The van der Waals surface area contributed by atoms with Crippen molar-refractivity contribution in [3.05, 3.63) is 62.1 Å². The van der Waals surface area contributed by atoms with Gasteiger partial charge in [-0.25, -0.2) is 4.98 Å². The van der Waals surface area contributed by atoms with Gasteiger partial charge in [0, 0.05) is 67.7 Å². The molecule has 1 aliphatic heterocycles. The van der Waals surface area contributed by atoms with Crippen molar-refractivity contribution in [2.45, 2.75) is 26.4 Å². The van der Waals surface area contributed by atoms with Gasteiger partial charge in [-0.1, -0.05) is 41.7 Å². The Morgan fingerprint density at radius 3 is 2.52 bits per heavy atom. The van der Waals surface area contributed by atoms with Gasteiger partial charge in [0.1, 0.15) is 5.01 Å². The first-order valence-electron chi connectivity index (χ1n) is 9.75. The highest BCUT2D eigenvalue weighted by molar-refractivity contribution is 7.13. The van der Waals surface area contributed by atoms with Gasteiger partial charge in [-0.2, -0.15) is 0 Å². The van der Waals surface area contributed by atoms with Crippen LogP contribution in [0.1, 0.15) is 17.8 Å². The molecule has 0 bridgehead atoms. The monoisotopic (exact) mass is 428 g/mol. The third-order valence-electron chi connectivity index (χ3n) is 5.21. The second-order valence-corrected chi connectivity index (χ2v) is 8.89. The van der Waals surface area contributed by atoms with Gasteiger partial charge in [-0.05, 0) is 6.92 Å². The van der Waals surface area contributed by atoms with Crippen LogP contribution in [0.15, 0.2) is 45.9 Å². The molecule has 3 aromatic rings. The van der Waals surface area contributed by atoms with Crippen LogP contribution in [0.3, 0.4) is 0 Å². The Labute approximate surface area is 178 Å². The van der Waals surface area contributed by atoms with Crippen molar-refractivity contribution in [3.63, 3.8) is 0 Å². The van der Waals surface area contributed by atoms with Crippen molar-refractivity contribution in [2.24, 2.45) is 0 Å². The largest absolute Gasteiger partial charge is 0.340 e. The van der Waals surface area contributed by atoms with E-state index in [1.54, 1.807) is 15.9 Å². The van der Waals surface area contributed by atoms with E-state index < -0.39 is 0 Å². The number of aryl methyl sites for hydroxylation is 1. The highest BCUT2D eigenvalue weighted by atomic mass is 32.1. The molecular formula is C21H24N4O2S2. The molecule has 1 saturated heterocycles. The maximum Gasteiger partial charge on any atom is 0.307 e. The molecule has 0 N–H and O–H groups in total. The lowest BCUT2D eigenvalue weighted by Crippen LogP contribution is -2.48. The fraction of sp³-hybridized carbons (Fsp3) is 0.381. The Balaban J connectivity index is 1.26. The van der Waals surface area contributed by atoms with Gasteiger partial charge < -0.3 is 9.47 Å². The van der Waals surface area contributed by atoms with E-state index in [0.29, 0.717) is 13.0 Å². The number of benzene rings is 1. The second kappa shape index (κ2) is 9.02. The minimum absolute atomic E-state index is 0.0123. The number of nitrogens with zero attached hydrogens (tertiary/aromatic N) is 4. The predicted molar refractivity (Wildman–Crippen MR) is 117 cm³/mol. The van der Waals surface area contributed by atoms with E-state index in [9.17, 15) is 9.59 Å². The van der Waals surface area contributed by atoms with Crippen LogP contribution in [0.5, 0.6) is 0 Å². The molecule has 0 unspecified atom stereocenters. The summed E-state index contributed by atoms with van der Waals surface area (Å²) < 4.78 is 1.69. The Kier molecular flexibility index (Phi) is 6.22. The zero-order valence-electron chi connectivity index (χ0n) is 16.4. The highest BCUT2D eigenvalue weighted by Crippen LogP contribution is 2.24. The zero-order chi connectivity index (χ0) is 20.2. The first-order chi connectivity index (χ1) is 14.1. The average molecular weight is 429 g/mol. The van der Waals surface area contributed by atoms with Crippen LogP contribution in [0.25, 0.3) is 10.6 Å². The summed E-state index contributed by atoms with van der Waals surface area (Å²) in [5, 5.41) is 5.02. The van der Waals surface area contributed by atoms with Crippen molar-refractivity contribution in [1.29, 1.82) is 0 Å². The van der Waals surface area contributed by atoms with Gasteiger partial charge in [0.25, 0.3) is 0 Å². The summed E-state index contributed by atoms with van der Waals surface area (Å²) in [6.45, 7) is 6.34. The van der Waals surface area contributed by atoms with Crippen LogP contribution in [0, 0.1) is 6.92 Å². The summed E-state index contributed by atoms with van der Waals surface area (Å²) >= 11 is 2.87. The summed E-state index contributed by atoms with van der Waals surface area (Å²) in [4.78, 5) is 33.4. The Bertz CT molecular complexity index is 1020. The van der Waals surface area contributed by atoms with Gasteiger partial charge in [0.2, 0.25) is 5.91 Å². The van der Waals surface area contributed by atoms with Gasteiger partial charge in [0.05, 0.1) is 5.69 Å². The predicted octanol–water partition coefficient (Wildman–Crippen LogP) is 3.08. The minimum atomic E-state index is 0.0123. The number of amides is 1. The molecule has 0 aliphatic carbocycles. The number of piperazine rings is 1. The molecule has 8 heteroatoms. The van der Waals surface area contributed by atoms with E-state index in [2.05, 4.69) is 22.4 Å². The van der Waals surface area contributed by atoms with Crippen molar-refractivity contribution >= 4 is 28.6 Å². The average Bonchev–Trinajstić information content (AvgIpc) is 3.34. The van der Waals surface area contributed by atoms with Gasteiger partial charge in [0.15, 0.2) is 0 Å². The summed E-state index contributed by atoms with van der Waals surface area (Å²) in [6.07, 6.45) is 0.379. The van der Waals surface area contributed by atoms with Crippen LogP contribution in [0.2, 0.25) is 0 Å². The van der Waals surface area contributed by atoms with Crippen LogP contribution in [0.4, 0.5) is 0 Å². The number of hydrogen-bond donors (Lipinski definition) is 0. The van der Waals surface area contributed by atoms with Crippen LogP contribution >= 0.6 is 22.7 Å². The van der Waals surface area contributed by atoms with E-state index in [-0.39, 0.29) is 10.8 Å². The molecule has 1 fully saturated rings. The quantitative estimate of drug-likeness (QED) is 0.605.